The van der Waals surface area contributed by atoms with E-state index in [4.69, 9.17) is 11.6 Å². The molecule has 1 unspecified atom stereocenters. The van der Waals surface area contributed by atoms with Crippen molar-refractivity contribution in [2.45, 2.75) is 32.2 Å². The number of nitrogens with zero attached hydrogens (tertiary/aromatic N) is 1. The van der Waals surface area contributed by atoms with Gasteiger partial charge in [0, 0.05) is 24.9 Å². The third-order valence-electron chi connectivity index (χ3n) is 3.10. The number of unbranched alkanes of at least 4 members (excludes halogenated alkanes) is 1. The number of halogens is 2. The third-order valence-corrected chi connectivity index (χ3v) is 3.37. The maximum absolute atomic E-state index is 13.6. The highest BCUT2D eigenvalue weighted by Gasteiger charge is 2.19. The molecule has 0 N–H and O–H groups in total. The van der Waals surface area contributed by atoms with Crippen molar-refractivity contribution in [1.82, 2.24) is 4.90 Å². The zero-order valence-electron chi connectivity index (χ0n) is 10.8. The molecule has 0 heterocycles. The van der Waals surface area contributed by atoms with Crippen molar-refractivity contribution < 1.29 is 9.18 Å². The lowest BCUT2D eigenvalue weighted by atomic mass is 10.1. The zero-order chi connectivity index (χ0) is 13.5. The fourth-order valence-electron chi connectivity index (χ4n) is 1.79. The van der Waals surface area contributed by atoms with Crippen molar-refractivity contribution in [1.29, 1.82) is 0 Å². The van der Waals surface area contributed by atoms with Gasteiger partial charge < -0.3 is 4.90 Å². The standard InChI is InChI=1S/C14H19ClFNO/c1-11(12-7-3-4-8-13(12)16)17(2)14(18)9-5-6-10-15/h3-4,7-8,11H,5-6,9-10H2,1-2H3. The Kier molecular flexibility index (Phi) is 6.13. The van der Waals surface area contributed by atoms with E-state index in [1.54, 1.807) is 30.1 Å². The molecule has 0 aromatic heterocycles. The van der Waals surface area contributed by atoms with Gasteiger partial charge in [0.25, 0.3) is 0 Å². The number of benzene rings is 1. The molecule has 0 saturated heterocycles. The molecular weight excluding hydrogens is 253 g/mol. The second kappa shape index (κ2) is 7.37. The fourth-order valence-corrected chi connectivity index (χ4v) is 1.97. The van der Waals surface area contributed by atoms with Gasteiger partial charge in [-0.3, -0.25) is 4.79 Å². The van der Waals surface area contributed by atoms with E-state index in [2.05, 4.69) is 0 Å². The summed E-state index contributed by atoms with van der Waals surface area (Å²) in [5, 5.41) is 0. The van der Waals surface area contributed by atoms with E-state index in [9.17, 15) is 9.18 Å². The number of carbonyl (C=O) groups is 1. The van der Waals surface area contributed by atoms with Crippen LogP contribution in [-0.2, 0) is 4.79 Å². The summed E-state index contributed by atoms with van der Waals surface area (Å²) in [7, 11) is 1.71. The van der Waals surface area contributed by atoms with Gasteiger partial charge >= 0.3 is 0 Å². The molecule has 2 nitrogen and oxygen atoms in total. The largest absolute Gasteiger partial charge is 0.339 e. The molecular formula is C14H19ClFNO. The molecule has 18 heavy (non-hydrogen) atoms. The molecule has 0 aliphatic carbocycles. The maximum Gasteiger partial charge on any atom is 0.222 e. The van der Waals surface area contributed by atoms with Gasteiger partial charge in [0.2, 0.25) is 5.91 Å². The molecule has 0 saturated carbocycles. The monoisotopic (exact) mass is 271 g/mol. The van der Waals surface area contributed by atoms with Gasteiger partial charge in [-0.05, 0) is 25.8 Å². The summed E-state index contributed by atoms with van der Waals surface area (Å²) in [6, 6.07) is 6.30. The molecule has 0 aliphatic rings. The maximum atomic E-state index is 13.6. The van der Waals surface area contributed by atoms with Crippen molar-refractivity contribution >= 4 is 17.5 Å². The number of carbonyl (C=O) groups excluding carboxylic acids is 1. The summed E-state index contributed by atoms with van der Waals surface area (Å²) in [6.45, 7) is 1.83. The minimum absolute atomic E-state index is 0.0240. The van der Waals surface area contributed by atoms with Crippen LogP contribution in [0.1, 0.15) is 37.8 Å². The summed E-state index contributed by atoms with van der Waals surface area (Å²) >= 11 is 5.57. The summed E-state index contributed by atoms with van der Waals surface area (Å²) < 4.78 is 13.6. The lowest BCUT2D eigenvalue weighted by Gasteiger charge is -2.25. The second-order valence-corrected chi connectivity index (χ2v) is 4.73. The molecule has 1 amide bonds. The van der Waals surface area contributed by atoms with E-state index in [-0.39, 0.29) is 17.8 Å². The molecule has 0 bridgehead atoms. The normalized spacial score (nSPS) is 12.2. The second-order valence-electron chi connectivity index (χ2n) is 4.35. The Morgan fingerprint density at radius 3 is 2.67 bits per heavy atom. The van der Waals surface area contributed by atoms with Gasteiger partial charge in [0.15, 0.2) is 0 Å². The predicted octanol–water partition coefficient (Wildman–Crippen LogP) is 3.75. The van der Waals surface area contributed by atoms with E-state index < -0.39 is 0 Å². The van der Waals surface area contributed by atoms with Gasteiger partial charge in [-0.2, -0.15) is 0 Å². The third kappa shape index (κ3) is 3.98. The first-order valence-electron chi connectivity index (χ1n) is 6.14. The number of hydrogen-bond acceptors (Lipinski definition) is 1. The number of alkyl halides is 1. The quantitative estimate of drug-likeness (QED) is 0.570. The van der Waals surface area contributed by atoms with Crippen molar-refractivity contribution in [3.8, 4) is 0 Å². The summed E-state index contributed by atoms with van der Waals surface area (Å²) in [5.74, 6) is 0.320. The Morgan fingerprint density at radius 1 is 1.39 bits per heavy atom. The van der Waals surface area contributed by atoms with Crippen LogP contribution in [0.3, 0.4) is 0 Å². The number of hydrogen-bond donors (Lipinski definition) is 0. The minimum atomic E-state index is -0.273. The zero-order valence-corrected chi connectivity index (χ0v) is 11.6. The van der Waals surface area contributed by atoms with Gasteiger partial charge in [-0.25, -0.2) is 4.39 Å². The van der Waals surface area contributed by atoms with E-state index in [1.807, 2.05) is 6.92 Å². The topological polar surface area (TPSA) is 20.3 Å². The van der Waals surface area contributed by atoms with Crippen LogP contribution in [0.4, 0.5) is 4.39 Å². The van der Waals surface area contributed by atoms with Crippen LogP contribution >= 0.6 is 11.6 Å². The Morgan fingerprint density at radius 2 is 2.06 bits per heavy atom. The highest BCUT2D eigenvalue weighted by molar-refractivity contribution is 6.17. The molecule has 4 heteroatoms. The smallest absolute Gasteiger partial charge is 0.222 e. The Hall–Kier alpha value is -1.09. The number of rotatable bonds is 6. The van der Waals surface area contributed by atoms with Gasteiger partial charge in [-0.15, -0.1) is 11.6 Å². The Bertz CT molecular complexity index is 397. The van der Waals surface area contributed by atoms with Crippen LogP contribution in [0.5, 0.6) is 0 Å². The Balaban J connectivity index is 2.63. The molecule has 0 radical (unpaired) electrons. The lowest BCUT2D eigenvalue weighted by molar-refractivity contribution is -0.131. The van der Waals surface area contributed by atoms with Crippen molar-refractivity contribution in [2.75, 3.05) is 12.9 Å². The molecule has 1 aromatic rings. The van der Waals surface area contributed by atoms with Crippen LogP contribution in [0.2, 0.25) is 0 Å². The highest BCUT2D eigenvalue weighted by Crippen LogP contribution is 2.22. The predicted molar refractivity (Wildman–Crippen MR) is 72.2 cm³/mol. The summed E-state index contributed by atoms with van der Waals surface area (Å²) in [5.41, 5.74) is 0.547. The van der Waals surface area contributed by atoms with Crippen LogP contribution in [0, 0.1) is 5.82 Å². The van der Waals surface area contributed by atoms with Gasteiger partial charge in [0.1, 0.15) is 5.82 Å². The van der Waals surface area contributed by atoms with Crippen LogP contribution in [0.25, 0.3) is 0 Å². The molecule has 0 fully saturated rings. The van der Waals surface area contributed by atoms with E-state index in [1.165, 1.54) is 6.07 Å². The van der Waals surface area contributed by atoms with E-state index in [0.29, 0.717) is 17.9 Å². The molecule has 1 aromatic carbocycles. The fraction of sp³-hybridized carbons (Fsp3) is 0.500. The molecule has 1 atom stereocenters. The SMILES string of the molecule is CC(c1ccccc1F)N(C)C(=O)CCCCCl. The molecule has 0 aliphatic heterocycles. The van der Waals surface area contributed by atoms with Crippen molar-refractivity contribution in [3.05, 3.63) is 35.6 Å². The summed E-state index contributed by atoms with van der Waals surface area (Å²) in [4.78, 5) is 13.5. The van der Waals surface area contributed by atoms with Gasteiger partial charge in [0.05, 0.1) is 6.04 Å². The number of amides is 1. The van der Waals surface area contributed by atoms with Crippen molar-refractivity contribution in [3.63, 3.8) is 0 Å². The average Bonchev–Trinajstić information content (AvgIpc) is 2.38. The highest BCUT2D eigenvalue weighted by atomic mass is 35.5. The van der Waals surface area contributed by atoms with E-state index in [0.717, 1.165) is 12.8 Å². The molecule has 100 valence electrons. The van der Waals surface area contributed by atoms with Gasteiger partial charge in [-0.1, -0.05) is 18.2 Å². The lowest BCUT2D eigenvalue weighted by Crippen LogP contribution is -2.29. The first-order chi connectivity index (χ1) is 8.57. The van der Waals surface area contributed by atoms with E-state index >= 15 is 0 Å². The molecule has 0 spiro atoms. The Labute approximate surface area is 113 Å². The average molecular weight is 272 g/mol. The first kappa shape index (κ1) is 15.0. The van der Waals surface area contributed by atoms with Crippen LogP contribution < -0.4 is 0 Å². The van der Waals surface area contributed by atoms with Crippen LogP contribution in [0.15, 0.2) is 24.3 Å². The van der Waals surface area contributed by atoms with Crippen LogP contribution in [-0.4, -0.2) is 23.7 Å². The molecule has 1 rings (SSSR count). The first-order valence-corrected chi connectivity index (χ1v) is 6.67. The summed E-state index contributed by atoms with van der Waals surface area (Å²) in [6.07, 6.45) is 2.06. The minimum Gasteiger partial charge on any atom is -0.339 e. The van der Waals surface area contributed by atoms with Crippen molar-refractivity contribution in [2.24, 2.45) is 0 Å².